The minimum Gasteiger partial charge on any atom is -0.330 e. The van der Waals surface area contributed by atoms with E-state index in [1.807, 2.05) is 12.1 Å². The summed E-state index contributed by atoms with van der Waals surface area (Å²) in [6.07, 6.45) is 4.54. The summed E-state index contributed by atoms with van der Waals surface area (Å²) in [5, 5.41) is 4.77. The summed E-state index contributed by atoms with van der Waals surface area (Å²) in [5.41, 5.74) is 7.13. The zero-order chi connectivity index (χ0) is 13.0. The van der Waals surface area contributed by atoms with Crippen molar-refractivity contribution in [3.63, 3.8) is 0 Å². The van der Waals surface area contributed by atoms with Crippen LogP contribution in [0.15, 0.2) is 18.2 Å². The molecule has 1 heterocycles. The Morgan fingerprint density at radius 1 is 1.28 bits per heavy atom. The Hall–Kier alpha value is -0.280. The van der Waals surface area contributed by atoms with Crippen molar-refractivity contribution in [1.29, 1.82) is 0 Å². The molecule has 0 unspecified atom stereocenters. The molecule has 1 aromatic rings. The first-order valence-corrected chi connectivity index (χ1v) is 7.30. The third-order valence-corrected chi connectivity index (χ3v) is 4.60. The highest BCUT2D eigenvalue weighted by molar-refractivity contribution is 6.42. The number of benzene rings is 1. The Balaban J connectivity index is 2.29. The predicted molar refractivity (Wildman–Crippen MR) is 78.5 cm³/mol. The SMILES string of the molecule is NCCC[C@]1(c2ccc(Cl)c(Cl)c2)CCCNC1. The van der Waals surface area contributed by atoms with Gasteiger partial charge in [-0.05, 0) is 56.5 Å². The predicted octanol–water partition coefficient (Wildman–Crippen LogP) is 3.35. The minimum absolute atomic E-state index is 0.172. The van der Waals surface area contributed by atoms with E-state index < -0.39 is 0 Å². The Bertz CT molecular complexity index is 401. The van der Waals surface area contributed by atoms with E-state index in [2.05, 4.69) is 11.4 Å². The summed E-state index contributed by atoms with van der Waals surface area (Å²) in [7, 11) is 0. The van der Waals surface area contributed by atoms with Crippen molar-refractivity contribution in [2.24, 2.45) is 5.73 Å². The molecule has 0 aliphatic carbocycles. The number of hydrogen-bond donors (Lipinski definition) is 2. The van der Waals surface area contributed by atoms with Crippen molar-refractivity contribution >= 4 is 23.2 Å². The molecule has 0 aromatic heterocycles. The van der Waals surface area contributed by atoms with Crippen LogP contribution in [0, 0.1) is 0 Å². The van der Waals surface area contributed by atoms with Crippen LogP contribution >= 0.6 is 23.2 Å². The van der Waals surface area contributed by atoms with E-state index >= 15 is 0 Å². The van der Waals surface area contributed by atoms with Gasteiger partial charge in [0, 0.05) is 12.0 Å². The Kier molecular flexibility index (Phi) is 4.91. The number of rotatable bonds is 4. The second kappa shape index (κ2) is 6.25. The Labute approximate surface area is 119 Å². The fraction of sp³-hybridized carbons (Fsp3) is 0.571. The molecule has 0 bridgehead atoms. The highest BCUT2D eigenvalue weighted by Crippen LogP contribution is 2.38. The third-order valence-electron chi connectivity index (χ3n) is 3.86. The summed E-state index contributed by atoms with van der Waals surface area (Å²) in [6, 6.07) is 6.03. The molecule has 2 nitrogen and oxygen atoms in total. The quantitative estimate of drug-likeness (QED) is 0.891. The molecule has 0 radical (unpaired) electrons. The van der Waals surface area contributed by atoms with Gasteiger partial charge in [-0.25, -0.2) is 0 Å². The average molecular weight is 287 g/mol. The lowest BCUT2D eigenvalue weighted by atomic mass is 9.71. The van der Waals surface area contributed by atoms with Gasteiger partial charge in [-0.3, -0.25) is 0 Å². The van der Waals surface area contributed by atoms with Crippen molar-refractivity contribution in [2.45, 2.75) is 31.1 Å². The molecule has 0 saturated carbocycles. The molecule has 100 valence electrons. The van der Waals surface area contributed by atoms with E-state index in [0.29, 0.717) is 10.0 Å². The largest absolute Gasteiger partial charge is 0.330 e. The Morgan fingerprint density at radius 3 is 2.72 bits per heavy atom. The van der Waals surface area contributed by atoms with Crippen LogP contribution < -0.4 is 11.1 Å². The first-order chi connectivity index (χ1) is 8.68. The molecule has 1 aliphatic heterocycles. The summed E-state index contributed by atoms with van der Waals surface area (Å²) in [5.74, 6) is 0. The molecule has 0 spiro atoms. The van der Waals surface area contributed by atoms with E-state index in [1.165, 1.54) is 18.4 Å². The second-order valence-electron chi connectivity index (χ2n) is 5.08. The van der Waals surface area contributed by atoms with Gasteiger partial charge in [0.25, 0.3) is 0 Å². The number of nitrogens with one attached hydrogen (secondary N) is 1. The smallest absolute Gasteiger partial charge is 0.0595 e. The first-order valence-electron chi connectivity index (χ1n) is 6.54. The minimum atomic E-state index is 0.172. The summed E-state index contributed by atoms with van der Waals surface area (Å²) >= 11 is 12.2. The van der Waals surface area contributed by atoms with Gasteiger partial charge in [0.2, 0.25) is 0 Å². The van der Waals surface area contributed by atoms with E-state index in [1.54, 1.807) is 0 Å². The third kappa shape index (κ3) is 3.00. The van der Waals surface area contributed by atoms with Crippen LogP contribution in [0.5, 0.6) is 0 Å². The standard InChI is InChI=1S/C14H20Cl2N2/c15-12-4-3-11(9-13(12)16)14(5-1-7-17)6-2-8-18-10-14/h3-4,9,18H,1-2,5-8,10,17H2/t14-/m0/s1. The zero-order valence-electron chi connectivity index (χ0n) is 10.5. The molecule has 1 aliphatic rings. The number of hydrogen-bond acceptors (Lipinski definition) is 2. The van der Waals surface area contributed by atoms with Gasteiger partial charge in [0.15, 0.2) is 0 Å². The molecule has 3 N–H and O–H groups in total. The van der Waals surface area contributed by atoms with Crippen molar-refractivity contribution in [3.8, 4) is 0 Å². The molecule has 2 rings (SSSR count). The van der Waals surface area contributed by atoms with Gasteiger partial charge in [0.05, 0.1) is 10.0 Å². The molecule has 1 aromatic carbocycles. The highest BCUT2D eigenvalue weighted by atomic mass is 35.5. The van der Waals surface area contributed by atoms with Crippen molar-refractivity contribution in [2.75, 3.05) is 19.6 Å². The lowest BCUT2D eigenvalue weighted by molar-refractivity contribution is 0.288. The molecular formula is C14H20Cl2N2. The fourth-order valence-corrected chi connectivity index (χ4v) is 3.14. The maximum absolute atomic E-state index is 6.15. The number of piperidine rings is 1. The van der Waals surface area contributed by atoms with E-state index in [0.717, 1.165) is 32.5 Å². The number of nitrogens with two attached hydrogens (primary N) is 1. The normalized spacial score (nSPS) is 24.2. The molecule has 18 heavy (non-hydrogen) atoms. The topological polar surface area (TPSA) is 38.0 Å². The van der Waals surface area contributed by atoms with Crippen LogP contribution in [0.25, 0.3) is 0 Å². The van der Waals surface area contributed by atoms with E-state index in [9.17, 15) is 0 Å². The van der Waals surface area contributed by atoms with Gasteiger partial charge < -0.3 is 11.1 Å². The van der Waals surface area contributed by atoms with E-state index in [4.69, 9.17) is 28.9 Å². The molecule has 4 heteroatoms. The lowest BCUT2D eigenvalue weighted by Gasteiger charge is -2.38. The van der Waals surface area contributed by atoms with Crippen molar-refractivity contribution in [1.82, 2.24) is 5.32 Å². The zero-order valence-corrected chi connectivity index (χ0v) is 12.0. The van der Waals surface area contributed by atoms with Crippen molar-refractivity contribution < 1.29 is 0 Å². The van der Waals surface area contributed by atoms with Crippen LogP contribution in [0.4, 0.5) is 0 Å². The average Bonchev–Trinajstić information content (AvgIpc) is 2.40. The summed E-state index contributed by atoms with van der Waals surface area (Å²) in [4.78, 5) is 0. The lowest BCUT2D eigenvalue weighted by Crippen LogP contribution is -2.43. The molecule has 1 atom stereocenters. The summed E-state index contributed by atoms with van der Waals surface area (Å²) in [6.45, 7) is 2.85. The van der Waals surface area contributed by atoms with Crippen LogP contribution in [-0.4, -0.2) is 19.6 Å². The molecular weight excluding hydrogens is 267 g/mol. The first kappa shape index (κ1) is 14.1. The summed E-state index contributed by atoms with van der Waals surface area (Å²) < 4.78 is 0. The monoisotopic (exact) mass is 286 g/mol. The Morgan fingerprint density at radius 2 is 2.11 bits per heavy atom. The second-order valence-corrected chi connectivity index (χ2v) is 5.90. The van der Waals surface area contributed by atoms with Crippen LogP contribution in [0.3, 0.4) is 0 Å². The van der Waals surface area contributed by atoms with Crippen LogP contribution in [-0.2, 0) is 5.41 Å². The maximum atomic E-state index is 6.15. The van der Waals surface area contributed by atoms with E-state index in [-0.39, 0.29) is 5.41 Å². The fourth-order valence-electron chi connectivity index (χ4n) is 2.84. The van der Waals surface area contributed by atoms with Crippen LogP contribution in [0.1, 0.15) is 31.2 Å². The van der Waals surface area contributed by atoms with Gasteiger partial charge >= 0.3 is 0 Å². The van der Waals surface area contributed by atoms with Gasteiger partial charge in [-0.1, -0.05) is 29.3 Å². The van der Waals surface area contributed by atoms with Gasteiger partial charge in [0.1, 0.15) is 0 Å². The highest BCUT2D eigenvalue weighted by Gasteiger charge is 2.33. The molecule has 1 fully saturated rings. The molecule has 1 saturated heterocycles. The molecule has 0 amide bonds. The van der Waals surface area contributed by atoms with Gasteiger partial charge in [-0.15, -0.1) is 0 Å². The number of halogens is 2. The van der Waals surface area contributed by atoms with Gasteiger partial charge in [-0.2, -0.15) is 0 Å². The van der Waals surface area contributed by atoms with Crippen LogP contribution in [0.2, 0.25) is 10.0 Å². The van der Waals surface area contributed by atoms with Crippen molar-refractivity contribution in [3.05, 3.63) is 33.8 Å². The maximum Gasteiger partial charge on any atom is 0.0595 e.